The lowest BCUT2D eigenvalue weighted by Gasteiger charge is -2.12. The van der Waals surface area contributed by atoms with E-state index in [1.54, 1.807) is 24.3 Å². The average Bonchev–Trinajstić information content (AvgIpc) is 2.56. The second kappa shape index (κ2) is 7.91. The highest BCUT2D eigenvalue weighted by molar-refractivity contribution is 5.95. The smallest absolute Gasteiger partial charge is 0.306 e. The van der Waals surface area contributed by atoms with Gasteiger partial charge in [-0.1, -0.05) is 12.1 Å². The molecule has 0 saturated carbocycles. The Labute approximate surface area is 137 Å². The minimum atomic E-state index is -0.930. The van der Waals surface area contributed by atoms with Gasteiger partial charge in [0.25, 0.3) is 0 Å². The van der Waals surface area contributed by atoms with Gasteiger partial charge < -0.3 is 15.4 Å². The number of nitrogens with one attached hydrogen (secondary N) is 2. The summed E-state index contributed by atoms with van der Waals surface area (Å²) < 4.78 is 18.7. The molecule has 0 unspecified atom stereocenters. The molecule has 0 spiro atoms. The first kappa shape index (κ1) is 17.2. The number of carbonyl (C=O) groups is 1. The fourth-order valence-electron chi connectivity index (χ4n) is 1.99. The predicted octanol–water partition coefficient (Wildman–Crippen LogP) is 3.18. The van der Waals surface area contributed by atoms with E-state index in [4.69, 9.17) is 4.74 Å². The monoisotopic (exact) mass is 333 g/mol. The third-order valence-corrected chi connectivity index (χ3v) is 3.06. The molecule has 2 rings (SSSR count). The van der Waals surface area contributed by atoms with E-state index in [0.29, 0.717) is 18.0 Å². The van der Waals surface area contributed by atoms with E-state index in [1.807, 2.05) is 6.92 Å². The van der Waals surface area contributed by atoms with E-state index in [0.717, 1.165) is 12.1 Å². The number of anilines is 2. The average molecular weight is 333 g/mol. The molecule has 7 nitrogen and oxygen atoms in total. The van der Waals surface area contributed by atoms with Crippen LogP contribution in [0.25, 0.3) is 0 Å². The lowest BCUT2D eigenvalue weighted by molar-refractivity contribution is -0.387. The van der Waals surface area contributed by atoms with Crippen molar-refractivity contribution in [3.8, 4) is 5.75 Å². The number of nitro benzene ring substituents is 1. The molecule has 0 atom stereocenters. The third kappa shape index (κ3) is 4.42. The Hall–Kier alpha value is -3.16. The Morgan fingerprint density at radius 3 is 2.75 bits per heavy atom. The summed E-state index contributed by atoms with van der Waals surface area (Å²) in [5.41, 5.74) is 0.148. The van der Waals surface area contributed by atoms with Gasteiger partial charge in [0.15, 0.2) is 0 Å². The molecule has 0 aliphatic rings. The molecule has 2 aromatic carbocycles. The predicted molar refractivity (Wildman–Crippen MR) is 87.8 cm³/mol. The van der Waals surface area contributed by atoms with Crippen LogP contribution >= 0.6 is 0 Å². The summed E-state index contributed by atoms with van der Waals surface area (Å²) in [5.74, 6) is -0.749. The van der Waals surface area contributed by atoms with Crippen LogP contribution in [0.4, 0.5) is 21.5 Å². The number of nitro groups is 1. The van der Waals surface area contributed by atoms with Gasteiger partial charge in [0, 0.05) is 11.8 Å². The maximum atomic E-state index is 13.3. The number of nitrogens with zero attached hydrogens (tertiary/aromatic N) is 1. The zero-order chi connectivity index (χ0) is 17.5. The lowest BCUT2D eigenvalue weighted by atomic mass is 10.2. The summed E-state index contributed by atoms with van der Waals surface area (Å²) in [5, 5.41) is 16.1. The van der Waals surface area contributed by atoms with Gasteiger partial charge in [-0.2, -0.15) is 4.39 Å². The van der Waals surface area contributed by atoms with Crippen LogP contribution in [0.3, 0.4) is 0 Å². The molecule has 126 valence electrons. The molecule has 24 heavy (non-hydrogen) atoms. The van der Waals surface area contributed by atoms with Crippen LogP contribution in [0.1, 0.15) is 6.92 Å². The topological polar surface area (TPSA) is 93.5 Å². The van der Waals surface area contributed by atoms with E-state index in [-0.39, 0.29) is 18.1 Å². The number of amides is 1. The van der Waals surface area contributed by atoms with Crippen molar-refractivity contribution in [2.24, 2.45) is 0 Å². The molecule has 2 N–H and O–H groups in total. The molecular formula is C16H16FN3O4. The molecule has 2 aromatic rings. The number of hydrogen-bond acceptors (Lipinski definition) is 5. The van der Waals surface area contributed by atoms with Crippen molar-refractivity contribution in [1.82, 2.24) is 0 Å². The summed E-state index contributed by atoms with van der Waals surface area (Å²) in [7, 11) is 0. The first-order valence-corrected chi connectivity index (χ1v) is 7.20. The minimum absolute atomic E-state index is 0.136. The zero-order valence-corrected chi connectivity index (χ0v) is 12.9. The Balaban J connectivity index is 1.99. The Morgan fingerprint density at radius 1 is 1.29 bits per heavy atom. The maximum Gasteiger partial charge on any atom is 0.306 e. The highest BCUT2D eigenvalue weighted by Crippen LogP contribution is 2.24. The molecular weight excluding hydrogens is 317 g/mol. The molecule has 0 aliphatic heterocycles. The number of carbonyl (C=O) groups excluding carboxylic acids is 1. The minimum Gasteiger partial charge on any atom is -0.492 e. The highest BCUT2D eigenvalue weighted by atomic mass is 19.1. The third-order valence-electron chi connectivity index (χ3n) is 3.06. The lowest BCUT2D eigenvalue weighted by Crippen LogP contribution is -2.22. The summed E-state index contributed by atoms with van der Waals surface area (Å²) in [6.07, 6.45) is 0. The van der Waals surface area contributed by atoms with Crippen LogP contribution in [0.15, 0.2) is 42.5 Å². The number of ether oxygens (including phenoxy) is 1. The molecule has 0 saturated heterocycles. The van der Waals surface area contributed by atoms with Crippen LogP contribution in [-0.4, -0.2) is 24.0 Å². The number of halogens is 1. The molecule has 8 heteroatoms. The van der Waals surface area contributed by atoms with Crippen molar-refractivity contribution < 1.29 is 18.8 Å². The van der Waals surface area contributed by atoms with Gasteiger partial charge in [-0.3, -0.25) is 14.9 Å². The van der Waals surface area contributed by atoms with E-state index in [1.165, 1.54) is 6.07 Å². The number of para-hydroxylation sites is 2. The number of benzene rings is 2. The van der Waals surface area contributed by atoms with Gasteiger partial charge in [-0.25, -0.2) is 0 Å². The van der Waals surface area contributed by atoms with Gasteiger partial charge in [0.1, 0.15) is 5.75 Å². The second-order valence-corrected chi connectivity index (χ2v) is 4.75. The largest absolute Gasteiger partial charge is 0.492 e. The van der Waals surface area contributed by atoms with Crippen LogP contribution in [-0.2, 0) is 4.79 Å². The Morgan fingerprint density at radius 2 is 2.04 bits per heavy atom. The SMILES string of the molecule is CCOc1ccccc1NC(=O)CNc1ccc(F)c([N+](=O)[O-])c1. The van der Waals surface area contributed by atoms with Crippen molar-refractivity contribution in [1.29, 1.82) is 0 Å². The van der Waals surface area contributed by atoms with Crippen molar-refractivity contribution in [2.75, 3.05) is 23.8 Å². The molecule has 0 radical (unpaired) electrons. The van der Waals surface area contributed by atoms with E-state index in [9.17, 15) is 19.3 Å². The van der Waals surface area contributed by atoms with E-state index in [2.05, 4.69) is 10.6 Å². The number of hydrogen-bond donors (Lipinski definition) is 2. The van der Waals surface area contributed by atoms with Gasteiger partial charge in [0.05, 0.1) is 23.8 Å². The second-order valence-electron chi connectivity index (χ2n) is 4.75. The normalized spacial score (nSPS) is 10.1. The molecule has 0 aromatic heterocycles. The summed E-state index contributed by atoms with van der Waals surface area (Å²) in [4.78, 5) is 21.9. The van der Waals surface area contributed by atoms with Gasteiger partial charge in [-0.05, 0) is 31.2 Å². The van der Waals surface area contributed by atoms with Crippen LogP contribution < -0.4 is 15.4 Å². The van der Waals surface area contributed by atoms with Crippen molar-refractivity contribution >= 4 is 23.0 Å². The van der Waals surface area contributed by atoms with Gasteiger partial charge in [0.2, 0.25) is 11.7 Å². The molecule has 0 bridgehead atoms. The summed E-state index contributed by atoms with van der Waals surface area (Å²) in [6, 6.07) is 10.3. The van der Waals surface area contributed by atoms with Crippen LogP contribution in [0, 0.1) is 15.9 Å². The quantitative estimate of drug-likeness (QED) is 0.599. The van der Waals surface area contributed by atoms with Gasteiger partial charge in [-0.15, -0.1) is 0 Å². The Bertz CT molecular complexity index is 752. The first-order chi connectivity index (χ1) is 11.5. The van der Waals surface area contributed by atoms with Crippen molar-refractivity contribution in [3.63, 3.8) is 0 Å². The fourth-order valence-corrected chi connectivity index (χ4v) is 1.99. The fraction of sp³-hybridized carbons (Fsp3) is 0.188. The van der Waals surface area contributed by atoms with E-state index < -0.39 is 16.4 Å². The van der Waals surface area contributed by atoms with Crippen molar-refractivity contribution in [3.05, 3.63) is 58.4 Å². The summed E-state index contributed by atoms with van der Waals surface area (Å²) >= 11 is 0. The summed E-state index contributed by atoms with van der Waals surface area (Å²) in [6.45, 7) is 2.16. The molecule has 0 heterocycles. The number of rotatable bonds is 7. The van der Waals surface area contributed by atoms with Crippen LogP contribution in [0.2, 0.25) is 0 Å². The molecule has 1 amide bonds. The van der Waals surface area contributed by atoms with Gasteiger partial charge >= 0.3 is 5.69 Å². The maximum absolute atomic E-state index is 13.3. The zero-order valence-electron chi connectivity index (χ0n) is 12.9. The first-order valence-electron chi connectivity index (χ1n) is 7.20. The van der Waals surface area contributed by atoms with Crippen LogP contribution in [0.5, 0.6) is 5.75 Å². The Kier molecular flexibility index (Phi) is 5.67. The standard InChI is InChI=1S/C16H16FN3O4/c1-2-24-15-6-4-3-5-13(15)19-16(21)10-18-11-7-8-12(17)14(9-11)20(22)23/h3-9,18H,2,10H2,1H3,(H,19,21). The highest BCUT2D eigenvalue weighted by Gasteiger charge is 2.14. The molecule has 0 aliphatic carbocycles. The van der Waals surface area contributed by atoms with E-state index >= 15 is 0 Å². The molecule has 0 fully saturated rings. The van der Waals surface area contributed by atoms with Crippen molar-refractivity contribution in [2.45, 2.75) is 6.92 Å².